The highest BCUT2D eigenvalue weighted by atomic mass is 19.2. The lowest BCUT2D eigenvalue weighted by Gasteiger charge is -2.25. The molecule has 1 aromatic carbocycles. The Morgan fingerprint density at radius 3 is 2.57 bits per heavy atom. The average molecular weight is 291 g/mol. The van der Waals surface area contributed by atoms with Crippen LogP contribution in [0.1, 0.15) is 25.7 Å². The first-order valence-corrected chi connectivity index (χ1v) is 6.83. The lowest BCUT2D eigenvalue weighted by Crippen LogP contribution is -2.25. The van der Waals surface area contributed by atoms with Crippen molar-refractivity contribution < 1.29 is 18.3 Å². The van der Waals surface area contributed by atoms with Crippen molar-refractivity contribution in [1.82, 2.24) is 0 Å². The van der Waals surface area contributed by atoms with Crippen molar-refractivity contribution in [2.45, 2.75) is 25.7 Å². The SMILES string of the molecule is N#CC=C[C@H]1CC[C@H](C(=O)Oc2ccc(F)c(F)c2)CC1. The summed E-state index contributed by atoms with van der Waals surface area (Å²) in [4.78, 5) is 12.0. The van der Waals surface area contributed by atoms with Gasteiger partial charge < -0.3 is 4.74 Å². The zero-order chi connectivity index (χ0) is 15.2. The Labute approximate surface area is 121 Å². The topological polar surface area (TPSA) is 50.1 Å². The molecule has 0 aromatic heterocycles. The molecule has 0 atom stereocenters. The Hall–Kier alpha value is -2.22. The maximum absolute atomic E-state index is 13.0. The largest absolute Gasteiger partial charge is 0.426 e. The molecule has 1 aliphatic rings. The molecule has 0 unspecified atom stereocenters. The monoisotopic (exact) mass is 291 g/mol. The standard InChI is InChI=1S/C16H15F2NO2/c17-14-8-7-13(10-15(14)18)21-16(20)12-5-3-11(4-6-12)2-1-9-19/h1-2,7-8,10-12H,3-6H2/t11-,12-. The predicted octanol–water partition coefficient (Wildman–Crippen LogP) is 3.76. The van der Waals surface area contributed by atoms with Crippen molar-refractivity contribution in [3.05, 3.63) is 42.0 Å². The van der Waals surface area contributed by atoms with E-state index in [1.807, 2.05) is 12.1 Å². The van der Waals surface area contributed by atoms with E-state index in [1.54, 1.807) is 0 Å². The van der Waals surface area contributed by atoms with Crippen molar-refractivity contribution in [3.63, 3.8) is 0 Å². The van der Waals surface area contributed by atoms with Crippen molar-refractivity contribution in [2.75, 3.05) is 0 Å². The number of nitrogens with zero attached hydrogens (tertiary/aromatic N) is 1. The van der Waals surface area contributed by atoms with Gasteiger partial charge in [-0.05, 0) is 43.7 Å². The molecule has 0 N–H and O–H groups in total. The van der Waals surface area contributed by atoms with Crippen LogP contribution >= 0.6 is 0 Å². The summed E-state index contributed by atoms with van der Waals surface area (Å²) in [6, 6.07) is 4.99. The number of rotatable bonds is 3. The van der Waals surface area contributed by atoms with Gasteiger partial charge in [-0.3, -0.25) is 4.79 Å². The van der Waals surface area contributed by atoms with E-state index in [0.717, 1.165) is 25.0 Å². The van der Waals surface area contributed by atoms with Gasteiger partial charge in [-0.25, -0.2) is 8.78 Å². The quantitative estimate of drug-likeness (QED) is 0.484. The van der Waals surface area contributed by atoms with E-state index in [1.165, 1.54) is 12.1 Å². The zero-order valence-electron chi connectivity index (χ0n) is 11.4. The minimum absolute atomic E-state index is 0.0189. The van der Waals surface area contributed by atoms with Gasteiger partial charge >= 0.3 is 5.97 Å². The van der Waals surface area contributed by atoms with Crippen molar-refractivity contribution in [3.8, 4) is 11.8 Å². The van der Waals surface area contributed by atoms with E-state index in [9.17, 15) is 13.6 Å². The number of hydrogen-bond donors (Lipinski definition) is 0. The molecule has 0 aliphatic heterocycles. The summed E-state index contributed by atoms with van der Waals surface area (Å²) in [7, 11) is 0. The van der Waals surface area contributed by atoms with Gasteiger partial charge in [-0.2, -0.15) is 5.26 Å². The highest BCUT2D eigenvalue weighted by Crippen LogP contribution is 2.31. The fraction of sp³-hybridized carbons (Fsp3) is 0.375. The van der Waals surface area contributed by atoms with Crippen LogP contribution in [-0.4, -0.2) is 5.97 Å². The molecule has 3 nitrogen and oxygen atoms in total. The van der Waals surface area contributed by atoms with Crippen LogP contribution in [0.4, 0.5) is 8.78 Å². The number of carbonyl (C=O) groups excluding carboxylic acids is 1. The van der Waals surface area contributed by atoms with E-state index >= 15 is 0 Å². The van der Waals surface area contributed by atoms with Crippen molar-refractivity contribution in [2.24, 2.45) is 11.8 Å². The van der Waals surface area contributed by atoms with Gasteiger partial charge in [0.05, 0.1) is 12.0 Å². The number of allylic oxidation sites excluding steroid dienone is 2. The smallest absolute Gasteiger partial charge is 0.314 e. The van der Waals surface area contributed by atoms with Crippen LogP contribution in [0.3, 0.4) is 0 Å². The fourth-order valence-corrected chi connectivity index (χ4v) is 2.47. The van der Waals surface area contributed by atoms with E-state index in [-0.39, 0.29) is 11.7 Å². The maximum atomic E-state index is 13.0. The van der Waals surface area contributed by atoms with Crippen LogP contribution in [0.5, 0.6) is 5.75 Å². The molecule has 0 radical (unpaired) electrons. The highest BCUT2D eigenvalue weighted by Gasteiger charge is 2.26. The van der Waals surface area contributed by atoms with Crippen LogP contribution < -0.4 is 4.74 Å². The first kappa shape index (κ1) is 15.2. The molecule has 1 aromatic rings. The van der Waals surface area contributed by atoms with E-state index in [4.69, 9.17) is 10.00 Å². The molecular weight excluding hydrogens is 276 g/mol. The number of esters is 1. The van der Waals surface area contributed by atoms with E-state index < -0.39 is 17.6 Å². The summed E-state index contributed by atoms with van der Waals surface area (Å²) in [5, 5.41) is 8.47. The number of carbonyl (C=O) groups is 1. The van der Waals surface area contributed by atoms with Gasteiger partial charge in [-0.15, -0.1) is 0 Å². The molecule has 0 bridgehead atoms. The first-order chi connectivity index (χ1) is 10.1. The van der Waals surface area contributed by atoms with Crippen LogP contribution in [-0.2, 0) is 4.79 Å². The number of hydrogen-bond acceptors (Lipinski definition) is 3. The molecule has 110 valence electrons. The molecule has 5 heteroatoms. The number of nitriles is 1. The molecule has 1 saturated carbocycles. The van der Waals surface area contributed by atoms with Crippen LogP contribution in [0.2, 0.25) is 0 Å². The Morgan fingerprint density at radius 2 is 1.95 bits per heavy atom. The van der Waals surface area contributed by atoms with Crippen molar-refractivity contribution in [1.29, 1.82) is 5.26 Å². The second-order valence-corrected chi connectivity index (χ2v) is 5.10. The van der Waals surface area contributed by atoms with E-state index in [2.05, 4.69) is 0 Å². The maximum Gasteiger partial charge on any atom is 0.314 e. The second kappa shape index (κ2) is 6.98. The van der Waals surface area contributed by atoms with Crippen LogP contribution in [0.25, 0.3) is 0 Å². The lowest BCUT2D eigenvalue weighted by molar-refractivity contribution is -0.140. The minimum atomic E-state index is -1.04. The molecular formula is C16H15F2NO2. The van der Waals surface area contributed by atoms with Gasteiger partial charge in [0, 0.05) is 12.1 Å². The molecule has 0 amide bonds. The zero-order valence-corrected chi connectivity index (χ0v) is 11.4. The normalized spacial score (nSPS) is 22.0. The van der Waals surface area contributed by atoms with Gasteiger partial charge in [0.15, 0.2) is 11.6 Å². The summed E-state index contributed by atoms with van der Waals surface area (Å²) >= 11 is 0. The first-order valence-electron chi connectivity index (χ1n) is 6.83. The molecule has 0 saturated heterocycles. The van der Waals surface area contributed by atoms with Gasteiger partial charge in [0.2, 0.25) is 0 Å². The van der Waals surface area contributed by atoms with Crippen LogP contribution in [0.15, 0.2) is 30.4 Å². The average Bonchev–Trinajstić information content (AvgIpc) is 2.49. The summed E-state index contributed by atoms with van der Waals surface area (Å²) in [5.41, 5.74) is 0. The fourth-order valence-electron chi connectivity index (χ4n) is 2.47. The lowest BCUT2D eigenvalue weighted by atomic mass is 9.82. The third kappa shape index (κ3) is 4.12. The molecule has 0 heterocycles. The Morgan fingerprint density at radius 1 is 1.24 bits per heavy atom. The Kier molecular flexibility index (Phi) is 5.04. The third-order valence-corrected chi connectivity index (χ3v) is 3.66. The van der Waals surface area contributed by atoms with Gasteiger partial charge in [0.1, 0.15) is 5.75 Å². The summed E-state index contributed by atoms with van der Waals surface area (Å²) in [6.45, 7) is 0. The molecule has 0 spiro atoms. The number of benzene rings is 1. The van der Waals surface area contributed by atoms with Gasteiger partial charge in [-0.1, -0.05) is 6.08 Å². The third-order valence-electron chi connectivity index (χ3n) is 3.66. The summed E-state index contributed by atoms with van der Waals surface area (Å²) in [5.74, 6) is -2.32. The van der Waals surface area contributed by atoms with Gasteiger partial charge in [0.25, 0.3) is 0 Å². The molecule has 1 aliphatic carbocycles. The molecule has 21 heavy (non-hydrogen) atoms. The summed E-state index contributed by atoms with van der Waals surface area (Å²) in [6.07, 6.45) is 6.29. The van der Waals surface area contributed by atoms with E-state index in [0.29, 0.717) is 18.8 Å². The Balaban J connectivity index is 1.89. The number of ether oxygens (including phenoxy) is 1. The Bertz CT molecular complexity index is 584. The number of halogens is 2. The summed E-state index contributed by atoms with van der Waals surface area (Å²) < 4.78 is 30.9. The predicted molar refractivity (Wildman–Crippen MR) is 72.2 cm³/mol. The molecule has 2 rings (SSSR count). The molecule has 1 fully saturated rings. The van der Waals surface area contributed by atoms with Crippen LogP contribution in [0, 0.1) is 34.8 Å². The van der Waals surface area contributed by atoms with Crippen molar-refractivity contribution >= 4 is 5.97 Å². The highest BCUT2D eigenvalue weighted by molar-refractivity contribution is 5.75. The minimum Gasteiger partial charge on any atom is -0.426 e. The second-order valence-electron chi connectivity index (χ2n) is 5.10.